The lowest BCUT2D eigenvalue weighted by molar-refractivity contribution is -0.131. The molecule has 1 aromatic rings. The van der Waals surface area contributed by atoms with Gasteiger partial charge in [-0.1, -0.05) is 28.1 Å². The molecule has 4 heteroatoms. The van der Waals surface area contributed by atoms with E-state index in [1.807, 2.05) is 36.1 Å². The molecule has 1 amide bonds. The molecule has 0 saturated carbocycles. The summed E-state index contributed by atoms with van der Waals surface area (Å²) in [5, 5.41) is 0. The van der Waals surface area contributed by atoms with Gasteiger partial charge >= 0.3 is 0 Å². The lowest BCUT2D eigenvalue weighted by atomic mass is 10.1. The molecule has 0 spiro atoms. The van der Waals surface area contributed by atoms with Gasteiger partial charge in [0.1, 0.15) is 0 Å². The monoisotopic (exact) mass is 296 g/mol. The highest BCUT2D eigenvalue weighted by molar-refractivity contribution is 9.10. The van der Waals surface area contributed by atoms with Crippen LogP contribution < -0.4 is 5.73 Å². The highest BCUT2D eigenvalue weighted by Gasteiger charge is 2.30. The molecule has 17 heavy (non-hydrogen) atoms. The molecule has 2 rings (SSSR count). The molecule has 3 nitrogen and oxygen atoms in total. The first-order valence-corrected chi connectivity index (χ1v) is 6.66. The van der Waals surface area contributed by atoms with Crippen LogP contribution in [0.15, 0.2) is 28.7 Å². The third-order valence-electron chi connectivity index (χ3n) is 3.38. The van der Waals surface area contributed by atoms with Crippen LogP contribution in [-0.4, -0.2) is 29.4 Å². The molecule has 92 valence electrons. The highest BCUT2D eigenvalue weighted by atomic mass is 79.9. The third-order valence-corrected chi connectivity index (χ3v) is 3.87. The van der Waals surface area contributed by atoms with Gasteiger partial charge in [-0.3, -0.25) is 4.79 Å². The van der Waals surface area contributed by atoms with Gasteiger partial charge in [-0.15, -0.1) is 0 Å². The van der Waals surface area contributed by atoms with Crippen LogP contribution in [0.1, 0.15) is 18.9 Å². The highest BCUT2D eigenvalue weighted by Crippen LogP contribution is 2.18. The fourth-order valence-electron chi connectivity index (χ4n) is 2.24. The normalized spacial score (nSPS) is 24.1. The van der Waals surface area contributed by atoms with Crippen molar-refractivity contribution in [2.45, 2.75) is 31.8 Å². The largest absolute Gasteiger partial charge is 0.338 e. The molecule has 0 bridgehead atoms. The van der Waals surface area contributed by atoms with E-state index in [4.69, 9.17) is 5.73 Å². The van der Waals surface area contributed by atoms with E-state index >= 15 is 0 Å². The van der Waals surface area contributed by atoms with Gasteiger partial charge in [0, 0.05) is 23.1 Å². The molecule has 1 heterocycles. The number of nitrogens with zero attached hydrogens (tertiary/aromatic N) is 1. The molecule has 2 atom stereocenters. The molecular weight excluding hydrogens is 280 g/mol. The Kier molecular flexibility index (Phi) is 3.84. The van der Waals surface area contributed by atoms with E-state index in [9.17, 15) is 4.79 Å². The molecule has 0 radical (unpaired) electrons. The molecule has 2 N–H and O–H groups in total. The second-order valence-electron chi connectivity index (χ2n) is 4.59. The zero-order valence-corrected chi connectivity index (χ0v) is 11.5. The average molecular weight is 297 g/mol. The number of halogens is 1. The van der Waals surface area contributed by atoms with E-state index in [1.165, 1.54) is 0 Å². The Labute approximate surface area is 110 Å². The van der Waals surface area contributed by atoms with Gasteiger partial charge < -0.3 is 10.6 Å². The first kappa shape index (κ1) is 12.6. The van der Waals surface area contributed by atoms with Crippen molar-refractivity contribution in [3.8, 4) is 0 Å². The molecule has 0 aromatic heterocycles. The number of nitrogens with two attached hydrogens (primary N) is 1. The van der Waals surface area contributed by atoms with Crippen LogP contribution in [0.2, 0.25) is 0 Å². The quantitative estimate of drug-likeness (QED) is 0.907. The van der Waals surface area contributed by atoms with Gasteiger partial charge in [-0.25, -0.2) is 0 Å². The number of likely N-dealkylation sites (tertiary alicyclic amines) is 1. The molecule has 0 aliphatic carbocycles. The third kappa shape index (κ3) is 2.87. The van der Waals surface area contributed by atoms with E-state index < -0.39 is 0 Å². The van der Waals surface area contributed by atoms with Crippen molar-refractivity contribution in [3.05, 3.63) is 34.3 Å². The minimum atomic E-state index is 0.126. The van der Waals surface area contributed by atoms with Crippen LogP contribution in [0.3, 0.4) is 0 Å². The zero-order chi connectivity index (χ0) is 12.4. The summed E-state index contributed by atoms with van der Waals surface area (Å²) in [6, 6.07) is 8.16. The predicted molar refractivity (Wildman–Crippen MR) is 71.6 cm³/mol. The van der Waals surface area contributed by atoms with E-state index in [0.717, 1.165) is 23.0 Å². The number of carbonyl (C=O) groups excluding carboxylic acids is 1. The van der Waals surface area contributed by atoms with Crippen molar-refractivity contribution in [1.82, 2.24) is 4.90 Å². The van der Waals surface area contributed by atoms with E-state index in [0.29, 0.717) is 6.42 Å². The van der Waals surface area contributed by atoms with Gasteiger partial charge in [0.2, 0.25) is 5.91 Å². The van der Waals surface area contributed by atoms with Crippen molar-refractivity contribution in [2.75, 3.05) is 6.54 Å². The summed E-state index contributed by atoms with van der Waals surface area (Å²) >= 11 is 3.41. The van der Waals surface area contributed by atoms with Gasteiger partial charge in [-0.05, 0) is 31.0 Å². The summed E-state index contributed by atoms with van der Waals surface area (Å²) in [7, 11) is 0. The Morgan fingerprint density at radius 1 is 1.59 bits per heavy atom. The Hall–Kier alpha value is -0.870. The zero-order valence-electron chi connectivity index (χ0n) is 9.90. The number of benzene rings is 1. The van der Waals surface area contributed by atoms with Crippen LogP contribution in [0, 0.1) is 0 Å². The maximum absolute atomic E-state index is 12.1. The van der Waals surface area contributed by atoms with Gasteiger partial charge in [0.25, 0.3) is 0 Å². The number of hydrogen-bond donors (Lipinski definition) is 1. The summed E-state index contributed by atoms with van der Waals surface area (Å²) in [6.45, 7) is 2.81. The Morgan fingerprint density at radius 3 is 2.94 bits per heavy atom. The Bertz CT molecular complexity index is 422. The van der Waals surface area contributed by atoms with Crippen LogP contribution in [-0.2, 0) is 11.2 Å². The lowest BCUT2D eigenvalue weighted by Crippen LogP contribution is -2.41. The van der Waals surface area contributed by atoms with E-state index in [1.54, 1.807) is 0 Å². The van der Waals surface area contributed by atoms with Gasteiger partial charge in [0.15, 0.2) is 0 Å². The number of amides is 1. The molecule has 1 aromatic carbocycles. The number of carbonyl (C=O) groups is 1. The first-order chi connectivity index (χ1) is 8.08. The van der Waals surface area contributed by atoms with Gasteiger partial charge in [-0.2, -0.15) is 0 Å². The standard InChI is InChI=1S/C13H17BrN2O/c1-9-12(15)5-6-16(9)13(17)8-10-3-2-4-11(14)7-10/h2-4,7,9,12H,5-6,8,15H2,1H3. The van der Waals surface area contributed by atoms with Crippen LogP contribution in [0.25, 0.3) is 0 Å². The minimum absolute atomic E-state index is 0.126. The smallest absolute Gasteiger partial charge is 0.227 e. The SMILES string of the molecule is CC1C(N)CCN1C(=O)Cc1cccc(Br)c1. The summed E-state index contributed by atoms with van der Waals surface area (Å²) in [5.41, 5.74) is 6.96. The van der Waals surface area contributed by atoms with E-state index in [-0.39, 0.29) is 18.0 Å². The molecule has 1 aliphatic heterocycles. The lowest BCUT2D eigenvalue weighted by Gasteiger charge is -2.23. The molecule has 1 fully saturated rings. The topological polar surface area (TPSA) is 46.3 Å². The fourth-order valence-corrected chi connectivity index (χ4v) is 2.69. The maximum atomic E-state index is 12.1. The minimum Gasteiger partial charge on any atom is -0.338 e. The summed E-state index contributed by atoms with van der Waals surface area (Å²) in [6.07, 6.45) is 1.36. The molecule has 1 aliphatic rings. The van der Waals surface area contributed by atoms with Crippen molar-refractivity contribution < 1.29 is 4.79 Å². The number of hydrogen-bond acceptors (Lipinski definition) is 2. The van der Waals surface area contributed by atoms with Crippen molar-refractivity contribution >= 4 is 21.8 Å². The first-order valence-electron chi connectivity index (χ1n) is 5.87. The van der Waals surface area contributed by atoms with Crippen LogP contribution in [0.5, 0.6) is 0 Å². The summed E-state index contributed by atoms with van der Waals surface area (Å²) < 4.78 is 1.01. The molecule has 1 saturated heterocycles. The molecule has 2 unspecified atom stereocenters. The van der Waals surface area contributed by atoms with Crippen LogP contribution >= 0.6 is 15.9 Å². The van der Waals surface area contributed by atoms with Crippen molar-refractivity contribution in [1.29, 1.82) is 0 Å². The van der Waals surface area contributed by atoms with E-state index in [2.05, 4.69) is 15.9 Å². The van der Waals surface area contributed by atoms with Crippen molar-refractivity contribution in [2.24, 2.45) is 5.73 Å². The second-order valence-corrected chi connectivity index (χ2v) is 5.50. The fraction of sp³-hybridized carbons (Fsp3) is 0.462. The average Bonchev–Trinajstić information content (AvgIpc) is 2.60. The summed E-state index contributed by atoms with van der Waals surface area (Å²) in [4.78, 5) is 14.0. The summed E-state index contributed by atoms with van der Waals surface area (Å²) in [5.74, 6) is 0.170. The Morgan fingerprint density at radius 2 is 2.35 bits per heavy atom. The maximum Gasteiger partial charge on any atom is 0.227 e. The predicted octanol–water partition coefficient (Wildman–Crippen LogP) is 1.94. The Balaban J connectivity index is 2.02. The molecular formula is C13H17BrN2O. The second kappa shape index (κ2) is 5.19. The van der Waals surface area contributed by atoms with Crippen molar-refractivity contribution in [3.63, 3.8) is 0 Å². The number of rotatable bonds is 2. The van der Waals surface area contributed by atoms with Crippen LogP contribution in [0.4, 0.5) is 0 Å². The van der Waals surface area contributed by atoms with Gasteiger partial charge in [0.05, 0.1) is 6.42 Å².